The van der Waals surface area contributed by atoms with Crippen LogP contribution in [0.1, 0.15) is 42.1 Å². The van der Waals surface area contributed by atoms with Gasteiger partial charge in [-0.1, -0.05) is 18.0 Å². The van der Waals surface area contributed by atoms with Gasteiger partial charge in [-0.25, -0.2) is 0 Å². The molecule has 1 fully saturated rings. The zero-order valence-corrected chi connectivity index (χ0v) is 13.0. The van der Waals surface area contributed by atoms with Gasteiger partial charge in [0.15, 0.2) is 0 Å². The van der Waals surface area contributed by atoms with Crippen LogP contribution in [0.2, 0.25) is 5.02 Å². The van der Waals surface area contributed by atoms with Gasteiger partial charge in [0.1, 0.15) is 0 Å². The molecule has 1 aromatic rings. The average Bonchev–Trinajstić information content (AvgIpc) is 2.45. The number of carbonyl (C=O) groups is 1. The molecule has 110 valence electrons. The van der Waals surface area contributed by atoms with Crippen molar-refractivity contribution in [3.63, 3.8) is 0 Å². The fourth-order valence-electron chi connectivity index (χ4n) is 2.74. The lowest BCUT2D eigenvalue weighted by molar-refractivity contribution is 0.0741. The van der Waals surface area contributed by atoms with Gasteiger partial charge in [-0.3, -0.25) is 4.79 Å². The number of amides is 1. The maximum atomic E-state index is 12.6. The summed E-state index contributed by atoms with van der Waals surface area (Å²) in [6.07, 6.45) is 3.65. The summed E-state index contributed by atoms with van der Waals surface area (Å²) in [5.41, 5.74) is 1.70. The topological polar surface area (TPSA) is 32.3 Å². The lowest BCUT2D eigenvalue weighted by atomic mass is 10.0. The third-order valence-corrected chi connectivity index (χ3v) is 4.18. The van der Waals surface area contributed by atoms with Crippen LogP contribution in [-0.2, 0) is 0 Å². The van der Waals surface area contributed by atoms with E-state index in [2.05, 4.69) is 5.32 Å². The Morgan fingerprint density at radius 2 is 2.25 bits per heavy atom. The number of likely N-dealkylation sites (N-methyl/N-ethyl adjacent to an activating group) is 1. The number of piperidine rings is 1. The quantitative estimate of drug-likeness (QED) is 0.924. The molecule has 0 bridgehead atoms. The van der Waals surface area contributed by atoms with Crippen LogP contribution in [0.25, 0.3) is 0 Å². The minimum atomic E-state index is 0.106. The van der Waals surface area contributed by atoms with Crippen molar-refractivity contribution in [3.8, 4) is 0 Å². The number of rotatable bonds is 4. The van der Waals surface area contributed by atoms with Gasteiger partial charge in [-0.05, 0) is 57.0 Å². The van der Waals surface area contributed by atoms with Crippen molar-refractivity contribution in [2.75, 3.05) is 19.6 Å². The molecule has 0 saturated carbocycles. The van der Waals surface area contributed by atoms with Crippen molar-refractivity contribution >= 4 is 17.5 Å². The first-order chi connectivity index (χ1) is 9.61. The van der Waals surface area contributed by atoms with Crippen LogP contribution in [0, 0.1) is 6.92 Å². The predicted molar refractivity (Wildman–Crippen MR) is 83.4 cm³/mol. The number of aryl methyl sites for hydroxylation is 1. The Balaban J connectivity index is 2.07. The molecule has 1 unspecified atom stereocenters. The molecule has 0 spiro atoms. The fraction of sp³-hybridized carbons (Fsp3) is 0.562. The molecule has 1 atom stereocenters. The highest BCUT2D eigenvalue weighted by atomic mass is 35.5. The van der Waals surface area contributed by atoms with Gasteiger partial charge in [0.25, 0.3) is 5.91 Å². The predicted octanol–water partition coefficient (Wildman–Crippen LogP) is 3.25. The molecule has 1 heterocycles. The Morgan fingerprint density at radius 1 is 1.45 bits per heavy atom. The van der Waals surface area contributed by atoms with Gasteiger partial charge < -0.3 is 10.2 Å². The molecule has 3 nitrogen and oxygen atoms in total. The molecule has 2 rings (SSSR count). The van der Waals surface area contributed by atoms with Crippen molar-refractivity contribution < 1.29 is 4.79 Å². The van der Waals surface area contributed by atoms with Gasteiger partial charge in [0.2, 0.25) is 0 Å². The highest BCUT2D eigenvalue weighted by Gasteiger charge is 2.21. The van der Waals surface area contributed by atoms with E-state index in [0.29, 0.717) is 11.1 Å². The normalized spacial score (nSPS) is 18.9. The van der Waals surface area contributed by atoms with Crippen molar-refractivity contribution in [3.05, 3.63) is 34.3 Å². The molecule has 1 N–H and O–H groups in total. The van der Waals surface area contributed by atoms with Crippen molar-refractivity contribution in [1.82, 2.24) is 10.2 Å². The zero-order chi connectivity index (χ0) is 14.5. The average molecular weight is 295 g/mol. The molecular formula is C16H23ClN2O. The minimum absolute atomic E-state index is 0.106. The van der Waals surface area contributed by atoms with Gasteiger partial charge in [-0.15, -0.1) is 0 Å². The number of nitrogens with one attached hydrogen (secondary N) is 1. The summed E-state index contributed by atoms with van der Waals surface area (Å²) in [5, 5.41) is 4.18. The van der Waals surface area contributed by atoms with Crippen LogP contribution in [0.4, 0.5) is 0 Å². The second-order valence-corrected chi connectivity index (χ2v) is 5.89. The van der Waals surface area contributed by atoms with E-state index in [0.717, 1.165) is 37.2 Å². The molecule has 1 saturated heterocycles. The molecule has 1 aromatic carbocycles. The first kappa shape index (κ1) is 15.3. The summed E-state index contributed by atoms with van der Waals surface area (Å²) in [6.45, 7) is 6.56. The Labute approximate surface area is 126 Å². The van der Waals surface area contributed by atoms with Gasteiger partial charge >= 0.3 is 0 Å². The third-order valence-electron chi connectivity index (χ3n) is 3.94. The number of benzene rings is 1. The fourth-order valence-corrected chi connectivity index (χ4v) is 2.97. The maximum Gasteiger partial charge on any atom is 0.254 e. The number of carbonyl (C=O) groups excluding carboxylic acids is 1. The van der Waals surface area contributed by atoms with E-state index in [-0.39, 0.29) is 5.91 Å². The largest absolute Gasteiger partial charge is 0.337 e. The van der Waals surface area contributed by atoms with E-state index in [9.17, 15) is 4.79 Å². The third kappa shape index (κ3) is 3.74. The monoisotopic (exact) mass is 294 g/mol. The van der Waals surface area contributed by atoms with Gasteiger partial charge in [0.05, 0.1) is 0 Å². The van der Waals surface area contributed by atoms with Crippen LogP contribution in [-0.4, -0.2) is 36.5 Å². The molecule has 0 aromatic heterocycles. The second kappa shape index (κ2) is 7.09. The second-order valence-electron chi connectivity index (χ2n) is 5.45. The summed E-state index contributed by atoms with van der Waals surface area (Å²) >= 11 is 5.96. The molecular weight excluding hydrogens is 272 g/mol. The Morgan fingerprint density at radius 3 is 2.85 bits per heavy atom. The number of halogens is 1. The molecule has 4 heteroatoms. The van der Waals surface area contributed by atoms with E-state index < -0.39 is 0 Å². The summed E-state index contributed by atoms with van der Waals surface area (Å²) in [6, 6.07) is 5.90. The SMILES string of the molecule is CCN(CC1CCCCN1)C(=O)c1ccc(Cl)cc1C. The van der Waals surface area contributed by atoms with E-state index in [1.54, 1.807) is 6.07 Å². The van der Waals surface area contributed by atoms with Crippen LogP contribution >= 0.6 is 11.6 Å². The summed E-state index contributed by atoms with van der Waals surface area (Å²) < 4.78 is 0. The molecule has 0 radical (unpaired) electrons. The highest BCUT2D eigenvalue weighted by Crippen LogP contribution is 2.18. The van der Waals surface area contributed by atoms with Crippen LogP contribution < -0.4 is 5.32 Å². The van der Waals surface area contributed by atoms with E-state index in [1.165, 1.54) is 12.8 Å². The van der Waals surface area contributed by atoms with Crippen molar-refractivity contribution in [2.24, 2.45) is 0 Å². The summed E-state index contributed by atoms with van der Waals surface area (Å²) in [5.74, 6) is 0.106. The molecule has 1 aliphatic rings. The van der Waals surface area contributed by atoms with Crippen molar-refractivity contribution in [1.29, 1.82) is 0 Å². The molecule has 1 aliphatic heterocycles. The Bertz CT molecular complexity index is 470. The van der Waals surface area contributed by atoms with E-state index in [1.807, 2.05) is 30.9 Å². The molecule has 20 heavy (non-hydrogen) atoms. The smallest absolute Gasteiger partial charge is 0.254 e. The standard InChI is InChI=1S/C16H23ClN2O/c1-3-19(11-14-6-4-5-9-18-14)16(20)15-8-7-13(17)10-12(15)2/h7-8,10,14,18H,3-6,9,11H2,1-2H3. The van der Waals surface area contributed by atoms with E-state index in [4.69, 9.17) is 11.6 Å². The highest BCUT2D eigenvalue weighted by molar-refractivity contribution is 6.30. The van der Waals surface area contributed by atoms with Crippen LogP contribution in [0.3, 0.4) is 0 Å². The van der Waals surface area contributed by atoms with Crippen molar-refractivity contribution in [2.45, 2.75) is 39.2 Å². The number of hydrogen-bond donors (Lipinski definition) is 1. The lowest BCUT2D eigenvalue weighted by Gasteiger charge is -2.30. The first-order valence-corrected chi connectivity index (χ1v) is 7.78. The van der Waals surface area contributed by atoms with E-state index >= 15 is 0 Å². The molecule has 0 aliphatic carbocycles. The molecule has 1 amide bonds. The number of hydrogen-bond acceptors (Lipinski definition) is 2. The van der Waals surface area contributed by atoms with Gasteiger partial charge in [-0.2, -0.15) is 0 Å². The van der Waals surface area contributed by atoms with Crippen LogP contribution in [0.15, 0.2) is 18.2 Å². The Hall–Kier alpha value is -1.06. The summed E-state index contributed by atoms with van der Waals surface area (Å²) in [7, 11) is 0. The minimum Gasteiger partial charge on any atom is -0.337 e. The van der Waals surface area contributed by atoms with Gasteiger partial charge in [0, 0.05) is 29.7 Å². The number of nitrogens with zero attached hydrogens (tertiary/aromatic N) is 1. The lowest BCUT2D eigenvalue weighted by Crippen LogP contribution is -2.45. The van der Waals surface area contributed by atoms with Crippen LogP contribution in [0.5, 0.6) is 0 Å². The first-order valence-electron chi connectivity index (χ1n) is 7.40. The summed E-state index contributed by atoms with van der Waals surface area (Å²) in [4.78, 5) is 14.6. The Kier molecular flexibility index (Phi) is 5.44. The maximum absolute atomic E-state index is 12.6. The zero-order valence-electron chi connectivity index (χ0n) is 12.3.